The van der Waals surface area contributed by atoms with Crippen LogP contribution in [-0.2, 0) is 0 Å². The number of carbonyl (C=O) groups excluding carboxylic acids is 1. The number of hydrogen-bond acceptors (Lipinski definition) is 2. The fourth-order valence-corrected chi connectivity index (χ4v) is 4.49. The van der Waals surface area contributed by atoms with Crippen LogP contribution in [0.4, 0.5) is 0 Å². The van der Waals surface area contributed by atoms with Crippen molar-refractivity contribution in [3.63, 3.8) is 0 Å². The lowest BCUT2D eigenvalue weighted by molar-refractivity contribution is 0.0915. The first kappa shape index (κ1) is 14.5. The molecule has 1 aromatic heterocycles. The summed E-state index contributed by atoms with van der Waals surface area (Å²) in [7, 11) is 0. The highest BCUT2D eigenvalue weighted by Gasteiger charge is 2.42. The molecule has 1 aromatic carbocycles. The van der Waals surface area contributed by atoms with Gasteiger partial charge in [-0.15, -0.1) is 0 Å². The van der Waals surface area contributed by atoms with Crippen LogP contribution in [0.5, 0.6) is 0 Å². The van der Waals surface area contributed by atoms with E-state index in [0.29, 0.717) is 5.92 Å². The third kappa shape index (κ3) is 2.78. The fraction of sp³-hybridized carbons (Fsp3) is 0.474. The van der Waals surface area contributed by atoms with E-state index in [2.05, 4.69) is 17.3 Å². The molecular weight excluding hydrogens is 286 g/mol. The summed E-state index contributed by atoms with van der Waals surface area (Å²) in [6.45, 7) is 2.17. The predicted molar refractivity (Wildman–Crippen MR) is 89.4 cm³/mol. The molecule has 120 valence electrons. The highest BCUT2D eigenvalue weighted by Crippen LogP contribution is 2.49. The molecule has 2 aliphatic carbocycles. The van der Waals surface area contributed by atoms with Gasteiger partial charge in [0.25, 0.3) is 5.91 Å². The Morgan fingerprint density at radius 1 is 1.26 bits per heavy atom. The third-order valence-electron chi connectivity index (χ3n) is 5.69. The molecule has 4 unspecified atom stereocenters. The monoisotopic (exact) mass is 309 g/mol. The van der Waals surface area contributed by atoms with Gasteiger partial charge in [-0.3, -0.25) is 4.79 Å². The van der Waals surface area contributed by atoms with Crippen molar-refractivity contribution in [1.29, 1.82) is 0 Å². The van der Waals surface area contributed by atoms with Crippen LogP contribution in [0, 0.1) is 17.8 Å². The van der Waals surface area contributed by atoms with Gasteiger partial charge in [0.1, 0.15) is 0 Å². The number of carbonyl (C=O) groups is 1. The minimum absolute atomic E-state index is 0.0345. The lowest BCUT2D eigenvalue weighted by Gasteiger charge is -2.28. The van der Waals surface area contributed by atoms with Crippen molar-refractivity contribution in [2.24, 2.45) is 17.8 Å². The maximum atomic E-state index is 12.5. The molecule has 2 bridgehead atoms. The molecule has 4 atom stereocenters. The molecule has 4 nitrogen and oxygen atoms in total. The Morgan fingerprint density at radius 3 is 2.70 bits per heavy atom. The molecule has 1 heterocycles. The second-order valence-corrected chi connectivity index (χ2v) is 7.10. The zero-order valence-electron chi connectivity index (χ0n) is 13.5. The van der Waals surface area contributed by atoms with E-state index in [1.807, 2.05) is 36.5 Å². The van der Waals surface area contributed by atoms with Gasteiger partial charge < -0.3 is 5.32 Å². The van der Waals surface area contributed by atoms with Crippen molar-refractivity contribution in [2.75, 3.05) is 0 Å². The topological polar surface area (TPSA) is 46.9 Å². The van der Waals surface area contributed by atoms with E-state index in [1.165, 1.54) is 25.7 Å². The average Bonchev–Trinajstić information content (AvgIpc) is 3.32. The van der Waals surface area contributed by atoms with Crippen LogP contribution >= 0.6 is 0 Å². The van der Waals surface area contributed by atoms with Gasteiger partial charge in [0, 0.05) is 24.0 Å². The SMILES string of the molecule is CC(NC(=O)c1ccc(-n2cccn2)cc1)C1CC2CCC1C2. The van der Waals surface area contributed by atoms with Crippen molar-refractivity contribution in [3.8, 4) is 5.69 Å². The number of fused-ring (bicyclic) bond motifs is 2. The minimum atomic E-state index is 0.0345. The Bertz CT molecular complexity index is 677. The summed E-state index contributed by atoms with van der Waals surface area (Å²) in [4.78, 5) is 12.5. The summed E-state index contributed by atoms with van der Waals surface area (Å²) in [5.74, 6) is 2.45. The quantitative estimate of drug-likeness (QED) is 0.940. The van der Waals surface area contributed by atoms with Crippen LogP contribution in [0.1, 0.15) is 43.0 Å². The molecule has 4 heteroatoms. The molecule has 4 rings (SSSR count). The first-order valence-corrected chi connectivity index (χ1v) is 8.61. The largest absolute Gasteiger partial charge is 0.349 e. The van der Waals surface area contributed by atoms with E-state index in [1.54, 1.807) is 10.9 Å². The number of hydrogen-bond donors (Lipinski definition) is 1. The van der Waals surface area contributed by atoms with Crippen molar-refractivity contribution in [1.82, 2.24) is 15.1 Å². The molecule has 0 aliphatic heterocycles. The average molecular weight is 309 g/mol. The maximum Gasteiger partial charge on any atom is 0.251 e. The van der Waals surface area contributed by atoms with Crippen molar-refractivity contribution < 1.29 is 4.79 Å². The van der Waals surface area contributed by atoms with Crippen LogP contribution in [-0.4, -0.2) is 21.7 Å². The highest BCUT2D eigenvalue weighted by molar-refractivity contribution is 5.94. The Morgan fingerprint density at radius 2 is 2.09 bits per heavy atom. The van der Waals surface area contributed by atoms with E-state index < -0.39 is 0 Å². The molecule has 23 heavy (non-hydrogen) atoms. The molecule has 2 aliphatic rings. The molecule has 0 radical (unpaired) electrons. The smallest absolute Gasteiger partial charge is 0.251 e. The second kappa shape index (κ2) is 5.84. The first-order valence-electron chi connectivity index (χ1n) is 8.61. The second-order valence-electron chi connectivity index (χ2n) is 7.10. The van der Waals surface area contributed by atoms with Crippen molar-refractivity contribution in [3.05, 3.63) is 48.3 Å². The Kier molecular flexibility index (Phi) is 3.68. The van der Waals surface area contributed by atoms with Crippen LogP contribution < -0.4 is 5.32 Å². The van der Waals surface area contributed by atoms with Crippen molar-refractivity contribution >= 4 is 5.91 Å². The number of aromatic nitrogens is 2. The number of amides is 1. The Labute approximate surface area is 136 Å². The van der Waals surface area contributed by atoms with E-state index in [0.717, 1.165) is 23.1 Å². The normalized spacial score (nSPS) is 27.1. The van der Waals surface area contributed by atoms with E-state index in [-0.39, 0.29) is 11.9 Å². The molecule has 0 spiro atoms. The van der Waals surface area contributed by atoms with Gasteiger partial charge in [-0.25, -0.2) is 4.68 Å². The molecule has 0 saturated heterocycles. The fourth-order valence-electron chi connectivity index (χ4n) is 4.49. The summed E-state index contributed by atoms with van der Waals surface area (Å²) in [5, 5.41) is 7.42. The maximum absolute atomic E-state index is 12.5. The zero-order chi connectivity index (χ0) is 15.8. The van der Waals surface area contributed by atoms with Gasteiger partial charge in [-0.1, -0.05) is 6.42 Å². The summed E-state index contributed by atoms with van der Waals surface area (Å²) in [6, 6.07) is 9.77. The zero-order valence-corrected chi connectivity index (χ0v) is 13.5. The highest BCUT2D eigenvalue weighted by atomic mass is 16.1. The molecule has 2 saturated carbocycles. The number of nitrogens with zero attached hydrogens (tertiary/aromatic N) is 2. The Balaban J connectivity index is 1.41. The van der Waals surface area contributed by atoms with Gasteiger partial charge in [0.05, 0.1) is 5.69 Å². The summed E-state index contributed by atoms with van der Waals surface area (Å²) in [6.07, 6.45) is 9.07. The van der Waals surface area contributed by atoms with Gasteiger partial charge in [-0.05, 0) is 74.3 Å². The summed E-state index contributed by atoms with van der Waals surface area (Å²) in [5.41, 5.74) is 1.68. The van der Waals surface area contributed by atoms with Crippen LogP contribution in [0.2, 0.25) is 0 Å². The van der Waals surface area contributed by atoms with Gasteiger partial charge in [0.2, 0.25) is 0 Å². The van der Waals surface area contributed by atoms with Gasteiger partial charge in [0.15, 0.2) is 0 Å². The lowest BCUT2D eigenvalue weighted by Crippen LogP contribution is -2.40. The molecule has 2 fully saturated rings. The molecule has 1 amide bonds. The van der Waals surface area contributed by atoms with Gasteiger partial charge in [-0.2, -0.15) is 5.10 Å². The van der Waals surface area contributed by atoms with E-state index in [4.69, 9.17) is 0 Å². The van der Waals surface area contributed by atoms with Crippen LogP contribution in [0.3, 0.4) is 0 Å². The third-order valence-corrected chi connectivity index (χ3v) is 5.69. The molecule has 1 N–H and O–H groups in total. The molecular formula is C19H23N3O. The van der Waals surface area contributed by atoms with E-state index in [9.17, 15) is 4.79 Å². The standard InChI is InChI=1S/C19H23N3O/c1-13(18-12-14-3-4-16(18)11-14)21-19(23)15-5-7-17(8-6-15)22-10-2-9-20-22/h2,5-10,13-14,16,18H,3-4,11-12H2,1H3,(H,21,23). The first-order chi connectivity index (χ1) is 11.2. The Hall–Kier alpha value is -2.10. The molecule has 2 aromatic rings. The van der Waals surface area contributed by atoms with E-state index >= 15 is 0 Å². The number of rotatable bonds is 4. The van der Waals surface area contributed by atoms with Crippen LogP contribution in [0.25, 0.3) is 5.69 Å². The number of benzene rings is 1. The lowest BCUT2D eigenvalue weighted by atomic mass is 9.84. The predicted octanol–water partition coefficient (Wildman–Crippen LogP) is 3.43. The summed E-state index contributed by atoms with van der Waals surface area (Å²) < 4.78 is 1.79. The summed E-state index contributed by atoms with van der Waals surface area (Å²) >= 11 is 0. The van der Waals surface area contributed by atoms with Crippen LogP contribution in [0.15, 0.2) is 42.7 Å². The minimum Gasteiger partial charge on any atom is -0.349 e. The number of nitrogens with one attached hydrogen (secondary N) is 1. The van der Waals surface area contributed by atoms with Crippen molar-refractivity contribution in [2.45, 2.75) is 38.6 Å². The van der Waals surface area contributed by atoms with Gasteiger partial charge >= 0.3 is 0 Å².